The fourth-order valence-electron chi connectivity index (χ4n) is 4.83. The first-order valence-electron chi connectivity index (χ1n) is 13.0. The number of thioether (sulfide) groups is 1. The van der Waals surface area contributed by atoms with Gasteiger partial charge in [-0.3, -0.25) is 4.79 Å². The molecule has 0 aliphatic carbocycles. The zero-order valence-corrected chi connectivity index (χ0v) is 25.4. The lowest BCUT2D eigenvalue weighted by Crippen LogP contribution is -2.48. The predicted octanol–water partition coefficient (Wildman–Crippen LogP) is 5.46. The van der Waals surface area contributed by atoms with Gasteiger partial charge in [0.05, 0.1) is 21.3 Å². The Morgan fingerprint density at radius 1 is 1.07 bits per heavy atom. The van der Waals surface area contributed by atoms with E-state index >= 15 is 0 Å². The molecule has 1 aliphatic heterocycles. The van der Waals surface area contributed by atoms with Gasteiger partial charge in [-0.1, -0.05) is 41.0 Å². The van der Waals surface area contributed by atoms with Crippen LogP contribution in [0.1, 0.15) is 34.5 Å². The van der Waals surface area contributed by atoms with Crippen LogP contribution < -0.4 is 24.4 Å². The Morgan fingerprint density at radius 2 is 1.78 bits per heavy atom. The number of hydrogen-bond acceptors (Lipinski definition) is 9. The number of carbonyl (C=O) groups is 1. The van der Waals surface area contributed by atoms with Crippen molar-refractivity contribution in [2.75, 3.05) is 39.3 Å². The van der Waals surface area contributed by atoms with Crippen LogP contribution in [0.5, 0.6) is 17.2 Å². The molecule has 4 aromatic rings. The minimum absolute atomic E-state index is 0.0846. The summed E-state index contributed by atoms with van der Waals surface area (Å²) in [7, 11) is 4.57. The Balaban J connectivity index is 1.34. The number of halogens is 2. The number of aromatic nitrogens is 4. The van der Waals surface area contributed by atoms with Crippen molar-refractivity contribution >= 4 is 52.5 Å². The molecule has 1 N–H and O–H groups in total. The molecule has 2 aromatic heterocycles. The Morgan fingerprint density at radius 3 is 2.44 bits per heavy atom. The number of hydrogen-bond donors (Lipinski definition) is 1. The van der Waals surface area contributed by atoms with E-state index in [2.05, 4.69) is 20.2 Å². The number of ether oxygens (including phenoxy) is 3. The van der Waals surface area contributed by atoms with Crippen molar-refractivity contribution in [1.82, 2.24) is 24.9 Å². The molecule has 1 aliphatic rings. The standard InChI is InChI=1S/C28H30Cl2N6O4S/c1-16-11-24(36-27(31-16)33-28(34-36)41-15-19-20(29)8-5-9-21(19)30)35-10-6-7-18(14-35)32-26(37)17-12-22(38-2)25(40-4)23(13-17)39-3/h5,8-9,11-13,18H,6-7,10,14-15H2,1-4H3,(H,32,37). The Labute approximate surface area is 252 Å². The van der Waals surface area contributed by atoms with Crippen LogP contribution in [0.4, 0.5) is 5.82 Å². The Kier molecular flexibility index (Phi) is 8.96. The third kappa shape index (κ3) is 6.27. The molecule has 0 spiro atoms. The van der Waals surface area contributed by atoms with E-state index in [1.807, 2.05) is 31.2 Å². The highest BCUT2D eigenvalue weighted by Crippen LogP contribution is 2.38. The van der Waals surface area contributed by atoms with Gasteiger partial charge in [0.1, 0.15) is 5.82 Å². The van der Waals surface area contributed by atoms with Crippen LogP contribution in [0.15, 0.2) is 41.6 Å². The lowest BCUT2D eigenvalue weighted by atomic mass is 10.0. The number of piperidine rings is 1. The van der Waals surface area contributed by atoms with Crippen molar-refractivity contribution in [3.8, 4) is 17.2 Å². The van der Waals surface area contributed by atoms with Gasteiger partial charge >= 0.3 is 0 Å². The quantitative estimate of drug-likeness (QED) is 0.246. The van der Waals surface area contributed by atoms with E-state index < -0.39 is 0 Å². The third-order valence-corrected chi connectivity index (χ3v) is 8.39. The fraction of sp³-hybridized carbons (Fsp3) is 0.357. The lowest BCUT2D eigenvalue weighted by Gasteiger charge is -2.34. The molecular weight excluding hydrogens is 587 g/mol. The fourth-order valence-corrected chi connectivity index (χ4v) is 6.39. The van der Waals surface area contributed by atoms with Gasteiger partial charge in [0, 0.05) is 52.3 Å². The summed E-state index contributed by atoms with van der Waals surface area (Å²) < 4.78 is 18.0. The van der Waals surface area contributed by atoms with Crippen molar-refractivity contribution in [1.29, 1.82) is 0 Å². The Hall–Kier alpha value is -3.41. The summed E-state index contributed by atoms with van der Waals surface area (Å²) in [6.45, 7) is 3.35. The molecular formula is C28H30Cl2N6O4S. The highest BCUT2D eigenvalue weighted by atomic mass is 35.5. The second-order valence-electron chi connectivity index (χ2n) is 9.52. The SMILES string of the molecule is COc1cc(C(=O)NC2CCCN(c3cc(C)nc4nc(SCc5c(Cl)cccc5Cl)nn34)C2)cc(OC)c1OC. The second kappa shape index (κ2) is 12.6. The zero-order valence-electron chi connectivity index (χ0n) is 23.1. The minimum Gasteiger partial charge on any atom is -0.493 e. The summed E-state index contributed by atoms with van der Waals surface area (Å²) in [5.41, 5.74) is 2.09. The van der Waals surface area contributed by atoms with E-state index in [9.17, 15) is 4.79 Å². The molecule has 10 nitrogen and oxygen atoms in total. The molecule has 41 heavy (non-hydrogen) atoms. The number of fused-ring (bicyclic) bond motifs is 1. The molecule has 0 radical (unpaired) electrons. The summed E-state index contributed by atoms with van der Waals surface area (Å²) in [6, 6.07) is 10.7. The van der Waals surface area contributed by atoms with Crippen molar-refractivity contribution in [3.63, 3.8) is 0 Å². The smallest absolute Gasteiger partial charge is 0.255 e. The number of nitrogens with zero attached hydrogens (tertiary/aromatic N) is 5. The van der Waals surface area contributed by atoms with E-state index in [4.69, 9.17) is 42.5 Å². The van der Waals surface area contributed by atoms with Crippen molar-refractivity contribution in [3.05, 3.63) is 63.3 Å². The van der Waals surface area contributed by atoms with Crippen molar-refractivity contribution in [2.45, 2.75) is 36.7 Å². The zero-order chi connectivity index (χ0) is 29.1. The van der Waals surface area contributed by atoms with Crippen LogP contribution in [-0.4, -0.2) is 65.9 Å². The normalized spacial score (nSPS) is 15.2. The number of methoxy groups -OCH3 is 3. The molecule has 1 fully saturated rings. The maximum absolute atomic E-state index is 13.3. The third-order valence-electron chi connectivity index (χ3n) is 6.82. The largest absolute Gasteiger partial charge is 0.493 e. The molecule has 0 bridgehead atoms. The monoisotopic (exact) mass is 616 g/mol. The summed E-state index contributed by atoms with van der Waals surface area (Å²) in [5, 5.41) is 9.70. The summed E-state index contributed by atoms with van der Waals surface area (Å²) in [6.07, 6.45) is 1.74. The molecule has 5 rings (SSSR count). The first-order valence-corrected chi connectivity index (χ1v) is 14.7. The van der Waals surface area contributed by atoms with E-state index in [1.165, 1.54) is 33.1 Å². The molecule has 1 saturated heterocycles. The van der Waals surface area contributed by atoms with Crippen molar-refractivity contribution in [2.24, 2.45) is 0 Å². The highest BCUT2D eigenvalue weighted by Gasteiger charge is 2.26. The molecule has 1 atom stereocenters. The van der Waals surface area contributed by atoms with Crippen molar-refractivity contribution < 1.29 is 19.0 Å². The Bertz CT molecular complexity index is 1540. The van der Waals surface area contributed by atoms with Gasteiger partial charge in [-0.05, 0) is 49.6 Å². The number of amides is 1. The molecule has 1 amide bonds. The molecule has 0 saturated carbocycles. The predicted molar refractivity (Wildman–Crippen MR) is 160 cm³/mol. The molecule has 13 heteroatoms. The maximum atomic E-state index is 13.3. The van der Waals surface area contributed by atoms with Gasteiger partial charge in [0.2, 0.25) is 10.9 Å². The van der Waals surface area contributed by atoms with Gasteiger partial charge in [0.25, 0.3) is 11.7 Å². The van der Waals surface area contributed by atoms with E-state index in [-0.39, 0.29) is 11.9 Å². The number of anilines is 1. The average molecular weight is 618 g/mol. The number of carbonyl (C=O) groups excluding carboxylic acids is 1. The topological polar surface area (TPSA) is 103 Å². The van der Waals surface area contributed by atoms with Gasteiger partial charge in [-0.25, -0.2) is 4.98 Å². The lowest BCUT2D eigenvalue weighted by molar-refractivity contribution is 0.0932. The van der Waals surface area contributed by atoms with Crippen LogP contribution >= 0.6 is 35.0 Å². The number of benzene rings is 2. The summed E-state index contributed by atoms with van der Waals surface area (Å²) in [5.74, 6) is 2.98. The average Bonchev–Trinajstić information content (AvgIpc) is 3.38. The van der Waals surface area contributed by atoms with Crippen LogP contribution in [0.2, 0.25) is 10.0 Å². The molecule has 2 aromatic carbocycles. The number of aryl methyl sites for hydroxylation is 1. The van der Waals surface area contributed by atoms with E-state index in [1.54, 1.807) is 16.6 Å². The first-order chi connectivity index (χ1) is 19.8. The number of rotatable bonds is 9. The number of nitrogens with one attached hydrogen (secondary N) is 1. The molecule has 1 unspecified atom stereocenters. The van der Waals surface area contributed by atoms with Crippen LogP contribution in [-0.2, 0) is 5.75 Å². The molecule has 3 heterocycles. The maximum Gasteiger partial charge on any atom is 0.255 e. The minimum atomic E-state index is -0.218. The molecule has 216 valence electrons. The van der Waals surface area contributed by atoms with Crippen LogP contribution in [0.25, 0.3) is 5.78 Å². The van der Waals surface area contributed by atoms with Gasteiger partial charge in [0.15, 0.2) is 11.5 Å². The van der Waals surface area contributed by atoms with E-state index in [0.29, 0.717) is 56.1 Å². The summed E-state index contributed by atoms with van der Waals surface area (Å²) >= 11 is 14.1. The van der Waals surface area contributed by atoms with Crippen LogP contribution in [0, 0.1) is 6.92 Å². The summed E-state index contributed by atoms with van der Waals surface area (Å²) in [4.78, 5) is 24.7. The van der Waals surface area contributed by atoms with Crippen LogP contribution in [0.3, 0.4) is 0 Å². The van der Waals surface area contributed by atoms with E-state index in [0.717, 1.165) is 36.5 Å². The van der Waals surface area contributed by atoms with Gasteiger partial charge < -0.3 is 24.4 Å². The highest BCUT2D eigenvalue weighted by molar-refractivity contribution is 7.98. The van der Waals surface area contributed by atoms with Gasteiger partial charge in [-0.15, -0.1) is 5.10 Å². The second-order valence-corrected chi connectivity index (χ2v) is 11.3. The van der Waals surface area contributed by atoms with Gasteiger partial charge in [-0.2, -0.15) is 9.50 Å². The first kappa shape index (κ1) is 29.1.